The number of carbonyl (C=O) groups is 4. The predicted octanol–water partition coefficient (Wildman–Crippen LogP) is 10.4. The number of rotatable bonds is 6. The van der Waals surface area contributed by atoms with Crippen molar-refractivity contribution in [3.63, 3.8) is 0 Å². The van der Waals surface area contributed by atoms with Gasteiger partial charge >= 0.3 is 12.2 Å². The molecule has 3 aromatic rings. The molecule has 50 heavy (non-hydrogen) atoms. The molecule has 0 unspecified atom stereocenters. The normalized spacial score (nSPS) is 16.7. The molecular weight excluding hydrogens is 762 g/mol. The van der Waals surface area contributed by atoms with Crippen molar-refractivity contribution in [3.05, 3.63) is 86.4 Å². The summed E-state index contributed by atoms with van der Waals surface area (Å²) in [7, 11) is 1.16. The van der Waals surface area contributed by atoms with E-state index in [-0.39, 0.29) is 26.2 Å². The molecule has 1 saturated carbocycles. The lowest BCUT2D eigenvalue weighted by molar-refractivity contribution is -0.117. The van der Waals surface area contributed by atoms with E-state index in [9.17, 15) is 19.2 Å². The minimum Gasteiger partial charge on any atom is -0.443 e. The summed E-state index contributed by atoms with van der Waals surface area (Å²) in [5.41, 5.74) is -3.46. The Morgan fingerprint density at radius 2 is 1.36 bits per heavy atom. The van der Waals surface area contributed by atoms with E-state index in [1.54, 1.807) is 18.2 Å². The van der Waals surface area contributed by atoms with Gasteiger partial charge in [0.1, 0.15) is 21.2 Å². The first-order valence-electron chi connectivity index (χ1n) is 14.9. The van der Waals surface area contributed by atoms with Crippen LogP contribution in [0.1, 0.15) is 63.4 Å². The Hall–Kier alpha value is -3.35. The third-order valence-corrected chi connectivity index (χ3v) is 9.20. The van der Waals surface area contributed by atoms with Crippen LogP contribution in [0.25, 0.3) is 0 Å². The Bertz CT molecular complexity index is 1850. The molecule has 4 rings (SSSR count). The maximum atomic E-state index is 16.2. The average molecular weight is 794 g/mol. The molecule has 0 bridgehead atoms. The van der Waals surface area contributed by atoms with E-state index in [0.717, 1.165) is 24.1 Å². The standard InChI is InChI=1S/C34H32Cl5F2N3O6/c1-32(2,3)49-30(47)44(31(48)50-33(4,5)6)27-22(40)12-13-23(26(27)41)43(7)29(46)18-15-17(9-11-19(18)35)42-28(45)25-24(34(25,38)39)16-8-10-20(36)21(37)14-16/h8-15,24-25H,1-7H3,(H,42,45)/t24-,25+/m0/s1. The maximum absolute atomic E-state index is 16.2. The molecule has 268 valence electrons. The summed E-state index contributed by atoms with van der Waals surface area (Å²) in [6.45, 7) is 8.97. The highest BCUT2D eigenvalue weighted by molar-refractivity contribution is 6.53. The van der Waals surface area contributed by atoms with Crippen molar-refractivity contribution < 1.29 is 37.4 Å². The average Bonchev–Trinajstić information content (AvgIpc) is 3.56. The summed E-state index contributed by atoms with van der Waals surface area (Å²) >= 11 is 31.4. The quantitative estimate of drug-likeness (QED) is 0.249. The second-order valence-corrected chi connectivity index (χ2v) is 16.0. The smallest absolute Gasteiger partial charge is 0.424 e. The maximum Gasteiger partial charge on any atom is 0.424 e. The first kappa shape index (κ1) is 39.4. The van der Waals surface area contributed by atoms with Crippen LogP contribution in [0.3, 0.4) is 0 Å². The third-order valence-electron chi connectivity index (χ3n) is 7.19. The summed E-state index contributed by atoms with van der Waals surface area (Å²) in [4.78, 5) is 54.1. The number of amides is 4. The largest absolute Gasteiger partial charge is 0.443 e. The molecule has 0 spiro atoms. The van der Waals surface area contributed by atoms with Crippen LogP contribution in [0.15, 0.2) is 48.5 Å². The zero-order valence-corrected chi connectivity index (χ0v) is 31.5. The number of carbonyl (C=O) groups excluding carboxylic acids is 4. The van der Waals surface area contributed by atoms with Crippen LogP contribution >= 0.6 is 58.0 Å². The fraction of sp³-hybridized carbons (Fsp3) is 0.353. The Labute approximate surface area is 312 Å². The van der Waals surface area contributed by atoms with E-state index in [1.165, 1.54) is 59.7 Å². The van der Waals surface area contributed by atoms with Crippen molar-refractivity contribution in [2.75, 3.05) is 22.2 Å². The number of benzene rings is 3. The topological polar surface area (TPSA) is 105 Å². The number of ether oxygens (including phenoxy) is 2. The Balaban J connectivity index is 1.64. The number of imide groups is 1. The van der Waals surface area contributed by atoms with Crippen LogP contribution in [-0.2, 0) is 14.3 Å². The van der Waals surface area contributed by atoms with Gasteiger partial charge in [-0.2, -0.15) is 4.90 Å². The summed E-state index contributed by atoms with van der Waals surface area (Å²) in [5.74, 6) is -5.75. The van der Waals surface area contributed by atoms with Gasteiger partial charge in [0.15, 0.2) is 11.6 Å². The lowest BCUT2D eigenvalue weighted by atomic mass is 10.1. The van der Waals surface area contributed by atoms with E-state index in [0.29, 0.717) is 10.6 Å². The van der Waals surface area contributed by atoms with E-state index >= 15 is 8.78 Å². The summed E-state index contributed by atoms with van der Waals surface area (Å²) in [5, 5.41) is 3.16. The highest BCUT2D eigenvalue weighted by Gasteiger charge is 2.67. The van der Waals surface area contributed by atoms with Crippen molar-refractivity contribution in [1.29, 1.82) is 0 Å². The van der Waals surface area contributed by atoms with Gasteiger partial charge in [-0.25, -0.2) is 18.4 Å². The van der Waals surface area contributed by atoms with Crippen LogP contribution in [0.5, 0.6) is 0 Å². The number of halogens is 7. The molecule has 1 N–H and O–H groups in total. The second kappa shape index (κ2) is 14.3. The number of anilines is 3. The molecule has 3 aromatic carbocycles. The zero-order valence-electron chi connectivity index (χ0n) is 27.8. The summed E-state index contributed by atoms with van der Waals surface area (Å²) in [6.07, 6.45) is -2.84. The summed E-state index contributed by atoms with van der Waals surface area (Å²) < 4.78 is 40.5. The molecule has 1 fully saturated rings. The van der Waals surface area contributed by atoms with Crippen molar-refractivity contribution in [1.82, 2.24) is 0 Å². The van der Waals surface area contributed by atoms with Crippen molar-refractivity contribution in [3.8, 4) is 0 Å². The number of hydrogen-bond acceptors (Lipinski definition) is 6. The van der Waals surface area contributed by atoms with E-state index < -0.39 is 74.4 Å². The first-order chi connectivity index (χ1) is 22.9. The van der Waals surface area contributed by atoms with Crippen LogP contribution in [0.4, 0.5) is 35.4 Å². The predicted molar refractivity (Wildman–Crippen MR) is 191 cm³/mol. The van der Waals surface area contributed by atoms with Crippen LogP contribution in [-0.4, -0.2) is 46.6 Å². The molecule has 16 heteroatoms. The number of nitrogens with zero attached hydrogens (tertiary/aromatic N) is 2. The first-order valence-corrected chi connectivity index (χ1v) is 16.8. The third kappa shape index (κ3) is 8.57. The molecule has 1 aliphatic carbocycles. The Kier molecular flexibility index (Phi) is 11.3. The molecule has 0 radical (unpaired) electrons. The van der Waals surface area contributed by atoms with E-state index in [4.69, 9.17) is 67.5 Å². The van der Waals surface area contributed by atoms with Gasteiger partial charge in [-0.05, 0) is 89.6 Å². The number of nitrogens with one attached hydrogen (secondary N) is 1. The molecule has 9 nitrogen and oxygen atoms in total. The van der Waals surface area contributed by atoms with E-state index in [2.05, 4.69) is 5.32 Å². The fourth-order valence-electron chi connectivity index (χ4n) is 4.92. The Morgan fingerprint density at radius 1 is 0.800 bits per heavy atom. The lowest BCUT2D eigenvalue weighted by Gasteiger charge is -2.29. The monoisotopic (exact) mass is 791 g/mol. The van der Waals surface area contributed by atoms with Crippen LogP contribution < -0.4 is 15.1 Å². The van der Waals surface area contributed by atoms with Gasteiger partial charge in [0.2, 0.25) is 5.91 Å². The molecule has 0 aliphatic heterocycles. The SMILES string of the molecule is CN(C(=O)c1cc(NC(=O)[C@H]2[C@H](c3ccc(Cl)c(Cl)c3)C2(Cl)Cl)ccc1Cl)c1ccc(F)c(N(C(=O)OC(C)(C)C)C(=O)OC(C)(C)C)c1F. The molecule has 0 aromatic heterocycles. The highest BCUT2D eigenvalue weighted by Crippen LogP contribution is 2.65. The van der Waals surface area contributed by atoms with Gasteiger partial charge in [-0.15, -0.1) is 23.2 Å². The van der Waals surface area contributed by atoms with Crippen molar-refractivity contribution in [2.24, 2.45) is 5.92 Å². The Morgan fingerprint density at radius 3 is 1.90 bits per heavy atom. The minimum absolute atomic E-state index is 0.0733. The molecule has 0 saturated heterocycles. The van der Waals surface area contributed by atoms with Crippen molar-refractivity contribution >= 4 is 99.1 Å². The molecular formula is C34H32Cl5F2N3O6. The van der Waals surface area contributed by atoms with Gasteiger partial charge in [0, 0.05) is 18.7 Å². The minimum atomic E-state index is -1.46. The summed E-state index contributed by atoms with van der Waals surface area (Å²) in [6, 6.07) is 10.5. The van der Waals surface area contributed by atoms with Gasteiger partial charge in [-0.3, -0.25) is 9.59 Å². The van der Waals surface area contributed by atoms with Crippen molar-refractivity contribution in [2.45, 2.75) is 63.0 Å². The van der Waals surface area contributed by atoms with Crippen LogP contribution in [0, 0.1) is 17.6 Å². The molecule has 2 atom stereocenters. The van der Waals surface area contributed by atoms with Crippen LogP contribution in [0.2, 0.25) is 15.1 Å². The molecule has 4 amide bonds. The second-order valence-electron chi connectivity index (χ2n) is 13.4. The fourth-order valence-corrected chi connectivity index (χ4v) is 6.25. The van der Waals surface area contributed by atoms with E-state index in [1.807, 2.05) is 0 Å². The molecule has 1 aliphatic rings. The van der Waals surface area contributed by atoms with Gasteiger partial charge in [0.25, 0.3) is 5.91 Å². The lowest BCUT2D eigenvalue weighted by Crippen LogP contribution is -2.44. The highest BCUT2D eigenvalue weighted by atomic mass is 35.5. The van der Waals surface area contributed by atoms with Gasteiger partial charge in [0.05, 0.1) is 32.2 Å². The zero-order chi connectivity index (χ0) is 37.7. The van der Waals surface area contributed by atoms with Gasteiger partial charge in [-0.1, -0.05) is 40.9 Å². The van der Waals surface area contributed by atoms with Gasteiger partial charge < -0.3 is 19.7 Å². The number of alkyl halides is 2. The number of hydrogen-bond donors (Lipinski definition) is 1. The molecule has 0 heterocycles.